The van der Waals surface area contributed by atoms with Gasteiger partial charge < -0.3 is 5.32 Å². The van der Waals surface area contributed by atoms with Gasteiger partial charge in [0.1, 0.15) is 5.15 Å². The van der Waals surface area contributed by atoms with E-state index in [4.69, 9.17) is 11.6 Å². The molecule has 3 nitrogen and oxygen atoms in total. The predicted molar refractivity (Wildman–Crippen MR) is 76.5 cm³/mol. The molecule has 1 saturated carbocycles. The summed E-state index contributed by atoms with van der Waals surface area (Å²) < 4.78 is 0. The molecule has 0 atom stereocenters. The number of nitrogens with zero attached hydrogens (tertiary/aromatic N) is 1. The van der Waals surface area contributed by atoms with Crippen LogP contribution in [0.4, 0.5) is 0 Å². The Morgan fingerprint density at radius 1 is 1.26 bits per heavy atom. The van der Waals surface area contributed by atoms with Crippen LogP contribution in [0.3, 0.4) is 0 Å². The van der Waals surface area contributed by atoms with Crippen molar-refractivity contribution in [3.05, 3.63) is 41.0 Å². The summed E-state index contributed by atoms with van der Waals surface area (Å²) in [5.74, 6) is -0.0487. The van der Waals surface area contributed by atoms with E-state index in [0.29, 0.717) is 16.8 Å². The maximum Gasteiger partial charge on any atom is 0.252 e. The second-order valence-corrected chi connectivity index (χ2v) is 5.35. The van der Waals surface area contributed by atoms with Gasteiger partial charge in [0.25, 0.3) is 5.91 Å². The molecule has 1 fully saturated rings. The molecule has 1 aromatic heterocycles. The quantitative estimate of drug-likeness (QED) is 0.851. The molecule has 1 aliphatic carbocycles. The van der Waals surface area contributed by atoms with Crippen molar-refractivity contribution in [2.45, 2.75) is 31.7 Å². The number of hydrogen-bond donors (Lipinski definition) is 1. The highest BCUT2D eigenvalue weighted by atomic mass is 35.5. The van der Waals surface area contributed by atoms with E-state index in [-0.39, 0.29) is 5.91 Å². The van der Waals surface area contributed by atoms with Gasteiger partial charge in [-0.2, -0.15) is 0 Å². The van der Waals surface area contributed by atoms with Gasteiger partial charge >= 0.3 is 0 Å². The Hall–Kier alpha value is -1.61. The molecular formula is C15H15ClN2O. The van der Waals surface area contributed by atoms with Crippen molar-refractivity contribution in [1.82, 2.24) is 10.3 Å². The molecule has 0 spiro atoms. The van der Waals surface area contributed by atoms with Crippen molar-refractivity contribution in [2.75, 3.05) is 0 Å². The highest BCUT2D eigenvalue weighted by Crippen LogP contribution is 2.22. The summed E-state index contributed by atoms with van der Waals surface area (Å²) in [5, 5.41) is 4.30. The summed E-state index contributed by atoms with van der Waals surface area (Å²) in [6, 6.07) is 9.52. The standard InChI is InChI=1S/C15H15ClN2O/c16-14-9-12(11-7-3-4-8-13(11)18-14)15(19)17-10-5-1-2-6-10/h3-4,7-10H,1-2,5-6H2,(H,17,19). The zero-order valence-corrected chi connectivity index (χ0v) is 11.3. The van der Waals surface area contributed by atoms with E-state index in [0.717, 1.165) is 23.7 Å². The van der Waals surface area contributed by atoms with E-state index in [1.807, 2.05) is 24.3 Å². The van der Waals surface area contributed by atoms with Crippen molar-refractivity contribution in [3.8, 4) is 0 Å². The largest absolute Gasteiger partial charge is 0.349 e. The van der Waals surface area contributed by atoms with Gasteiger partial charge in [-0.15, -0.1) is 0 Å². The van der Waals surface area contributed by atoms with E-state index in [9.17, 15) is 4.79 Å². The van der Waals surface area contributed by atoms with Crippen LogP contribution in [0.5, 0.6) is 0 Å². The second-order valence-electron chi connectivity index (χ2n) is 4.96. The summed E-state index contributed by atoms with van der Waals surface area (Å²) in [4.78, 5) is 16.6. The predicted octanol–water partition coefficient (Wildman–Crippen LogP) is 3.56. The van der Waals surface area contributed by atoms with Crippen LogP contribution in [0.1, 0.15) is 36.0 Å². The van der Waals surface area contributed by atoms with E-state index < -0.39 is 0 Å². The molecule has 1 heterocycles. The third kappa shape index (κ3) is 2.56. The van der Waals surface area contributed by atoms with Gasteiger partial charge in [-0.05, 0) is 25.0 Å². The van der Waals surface area contributed by atoms with Gasteiger partial charge in [0.05, 0.1) is 11.1 Å². The maximum atomic E-state index is 12.4. The molecule has 2 aromatic rings. The molecule has 1 aromatic carbocycles. The molecule has 0 unspecified atom stereocenters. The summed E-state index contributed by atoms with van der Waals surface area (Å²) in [6.45, 7) is 0. The number of para-hydroxylation sites is 1. The Balaban J connectivity index is 1.96. The molecule has 0 bridgehead atoms. The van der Waals surface area contributed by atoms with Crippen LogP contribution >= 0.6 is 11.6 Å². The zero-order valence-electron chi connectivity index (χ0n) is 10.5. The van der Waals surface area contributed by atoms with Crippen LogP contribution in [0.15, 0.2) is 30.3 Å². The smallest absolute Gasteiger partial charge is 0.252 e. The number of aromatic nitrogens is 1. The maximum absolute atomic E-state index is 12.4. The second kappa shape index (κ2) is 5.17. The molecule has 0 radical (unpaired) electrons. The number of benzene rings is 1. The summed E-state index contributed by atoms with van der Waals surface area (Å²) in [7, 11) is 0. The minimum Gasteiger partial charge on any atom is -0.349 e. The molecule has 1 amide bonds. The van der Waals surface area contributed by atoms with Crippen LogP contribution in [0.25, 0.3) is 10.9 Å². The van der Waals surface area contributed by atoms with Crippen molar-refractivity contribution in [1.29, 1.82) is 0 Å². The number of rotatable bonds is 2. The number of nitrogens with one attached hydrogen (secondary N) is 1. The minimum absolute atomic E-state index is 0.0487. The molecule has 0 aliphatic heterocycles. The van der Waals surface area contributed by atoms with E-state index >= 15 is 0 Å². The Bertz CT molecular complexity index is 621. The Kier molecular flexibility index (Phi) is 3.38. The van der Waals surface area contributed by atoms with Crippen LogP contribution < -0.4 is 5.32 Å². The van der Waals surface area contributed by atoms with Gasteiger partial charge in [-0.25, -0.2) is 4.98 Å². The molecule has 98 valence electrons. The van der Waals surface area contributed by atoms with E-state index in [1.165, 1.54) is 12.8 Å². The van der Waals surface area contributed by atoms with Gasteiger partial charge in [0.15, 0.2) is 0 Å². The van der Waals surface area contributed by atoms with Crippen LogP contribution in [0.2, 0.25) is 5.15 Å². The lowest BCUT2D eigenvalue weighted by Gasteiger charge is -2.13. The van der Waals surface area contributed by atoms with E-state index in [1.54, 1.807) is 6.07 Å². The third-order valence-electron chi connectivity index (χ3n) is 3.62. The summed E-state index contributed by atoms with van der Waals surface area (Å²) in [6.07, 6.45) is 4.54. The summed E-state index contributed by atoms with van der Waals surface area (Å²) >= 11 is 5.99. The lowest BCUT2D eigenvalue weighted by atomic mass is 10.1. The molecule has 3 rings (SSSR count). The number of pyridine rings is 1. The zero-order chi connectivity index (χ0) is 13.2. The van der Waals surface area contributed by atoms with Gasteiger partial charge in [-0.1, -0.05) is 42.6 Å². The normalized spacial score (nSPS) is 15.8. The minimum atomic E-state index is -0.0487. The Labute approximate surface area is 117 Å². The Morgan fingerprint density at radius 2 is 2.00 bits per heavy atom. The number of carbonyl (C=O) groups excluding carboxylic acids is 1. The highest BCUT2D eigenvalue weighted by molar-refractivity contribution is 6.30. The lowest BCUT2D eigenvalue weighted by Crippen LogP contribution is -2.32. The van der Waals surface area contributed by atoms with Crippen molar-refractivity contribution >= 4 is 28.4 Å². The fraction of sp³-hybridized carbons (Fsp3) is 0.333. The number of halogens is 1. The SMILES string of the molecule is O=C(NC1CCCC1)c1cc(Cl)nc2ccccc12. The summed E-state index contributed by atoms with van der Waals surface area (Å²) in [5.41, 5.74) is 1.37. The molecule has 0 saturated heterocycles. The number of fused-ring (bicyclic) bond motifs is 1. The lowest BCUT2D eigenvalue weighted by molar-refractivity contribution is 0.0939. The van der Waals surface area contributed by atoms with Gasteiger partial charge in [-0.3, -0.25) is 4.79 Å². The molecule has 19 heavy (non-hydrogen) atoms. The number of hydrogen-bond acceptors (Lipinski definition) is 2. The van der Waals surface area contributed by atoms with Crippen LogP contribution in [-0.4, -0.2) is 16.9 Å². The first kappa shape index (κ1) is 12.4. The molecule has 1 aliphatic rings. The van der Waals surface area contributed by atoms with Crippen molar-refractivity contribution in [3.63, 3.8) is 0 Å². The fourth-order valence-corrected chi connectivity index (χ4v) is 2.86. The van der Waals surface area contributed by atoms with Crippen molar-refractivity contribution < 1.29 is 4.79 Å². The first-order valence-electron chi connectivity index (χ1n) is 6.60. The van der Waals surface area contributed by atoms with E-state index in [2.05, 4.69) is 10.3 Å². The average molecular weight is 275 g/mol. The number of carbonyl (C=O) groups is 1. The van der Waals surface area contributed by atoms with Gasteiger partial charge in [0, 0.05) is 11.4 Å². The van der Waals surface area contributed by atoms with Crippen molar-refractivity contribution in [2.24, 2.45) is 0 Å². The molecule has 4 heteroatoms. The third-order valence-corrected chi connectivity index (χ3v) is 3.81. The Morgan fingerprint density at radius 3 is 2.79 bits per heavy atom. The monoisotopic (exact) mass is 274 g/mol. The van der Waals surface area contributed by atoms with Crippen LogP contribution in [0, 0.1) is 0 Å². The molecular weight excluding hydrogens is 260 g/mol. The topological polar surface area (TPSA) is 42.0 Å². The number of amides is 1. The fourth-order valence-electron chi connectivity index (χ4n) is 2.66. The molecule has 1 N–H and O–H groups in total. The van der Waals surface area contributed by atoms with Crippen LogP contribution in [-0.2, 0) is 0 Å². The average Bonchev–Trinajstić information content (AvgIpc) is 2.90. The first-order valence-corrected chi connectivity index (χ1v) is 6.98. The van der Waals surface area contributed by atoms with Gasteiger partial charge in [0.2, 0.25) is 0 Å². The first-order chi connectivity index (χ1) is 9.24. The highest BCUT2D eigenvalue weighted by Gasteiger charge is 2.19.